The number of benzene rings is 1. The lowest BCUT2D eigenvalue weighted by Gasteiger charge is -2.24. The van der Waals surface area contributed by atoms with Crippen molar-refractivity contribution >= 4 is 23.8 Å². The Bertz CT molecular complexity index is 472. The lowest BCUT2D eigenvalue weighted by Crippen LogP contribution is -2.44. The summed E-state index contributed by atoms with van der Waals surface area (Å²) in [5, 5.41) is 3.15. The topological polar surface area (TPSA) is 55.4 Å². The molecular weight excluding hydrogens is 266 g/mol. The van der Waals surface area contributed by atoms with Crippen LogP contribution in [-0.2, 0) is 4.79 Å². The second-order valence-corrected chi connectivity index (χ2v) is 5.26. The van der Waals surface area contributed by atoms with Gasteiger partial charge in [0.25, 0.3) is 5.91 Å². The molecule has 0 bridgehead atoms. The summed E-state index contributed by atoms with van der Waals surface area (Å²) < 4.78 is 5.34. The van der Waals surface area contributed by atoms with Crippen LogP contribution in [0.5, 0.6) is 5.75 Å². The molecule has 104 valence electrons. The number of aldehydes is 1. The summed E-state index contributed by atoms with van der Waals surface area (Å²) in [5.41, 5.74) is 0.0454. The molecule has 0 saturated heterocycles. The Balaban J connectivity index is 2.67. The van der Waals surface area contributed by atoms with E-state index in [2.05, 4.69) is 5.32 Å². The van der Waals surface area contributed by atoms with Crippen LogP contribution in [-0.4, -0.2) is 24.3 Å². The predicted molar refractivity (Wildman–Crippen MR) is 74.8 cm³/mol. The number of carbonyl (C=O) groups is 2. The minimum atomic E-state index is -0.283. The first-order valence-corrected chi connectivity index (χ1v) is 6.45. The van der Waals surface area contributed by atoms with Gasteiger partial charge in [-0.1, -0.05) is 24.6 Å². The van der Waals surface area contributed by atoms with Gasteiger partial charge >= 0.3 is 0 Å². The van der Waals surface area contributed by atoms with E-state index in [0.29, 0.717) is 16.9 Å². The molecule has 0 fully saturated rings. The van der Waals surface area contributed by atoms with Crippen molar-refractivity contribution in [3.8, 4) is 5.75 Å². The number of amides is 1. The number of carbonyl (C=O) groups excluding carboxylic acids is 2. The highest BCUT2D eigenvalue weighted by atomic mass is 35.5. The second kappa shape index (κ2) is 6.57. The quantitative estimate of drug-likeness (QED) is 0.817. The van der Waals surface area contributed by atoms with E-state index >= 15 is 0 Å². The summed E-state index contributed by atoms with van der Waals surface area (Å²) in [6.07, 6.45) is 1.46. The van der Waals surface area contributed by atoms with Crippen LogP contribution in [0.3, 0.4) is 0 Å². The van der Waals surface area contributed by atoms with E-state index in [9.17, 15) is 9.59 Å². The largest absolute Gasteiger partial charge is 0.481 e. The van der Waals surface area contributed by atoms with Crippen molar-refractivity contribution in [1.29, 1.82) is 0 Å². The van der Waals surface area contributed by atoms with E-state index in [-0.39, 0.29) is 23.8 Å². The Morgan fingerprint density at radius 2 is 2.16 bits per heavy atom. The van der Waals surface area contributed by atoms with Crippen molar-refractivity contribution in [1.82, 2.24) is 5.32 Å². The maximum absolute atomic E-state index is 11.7. The Labute approximate surface area is 118 Å². The van der Waals surface area contributed by atoms with Gasteiger partial charge in [-0.3, -0.25) is 9.59 Å². The van der Waals surface area contributed by atoms with Crippen molar-refractivity contribution in [3.05, 3.63) is 28.8 Å². The van der Waals surface area contributed by atoms with Gasteiger partial charge in [0.05, 0.1) is 10.6 Å². The van der Waals surface area contributed by atoms with Gasteiger partial charge in [0.15, 0.2) is 12.9 Å². The second-order valence-electron chi connectivity index (χ2n) is 4.85. The maximum Gasteiger partial charge on any atom is 0.258 e. The third kappa shape index (κ3) is 4.56. The van der Waals surface area contributed by atoms with Crippen molar-refractivity contribution in [2.45, 2.75) is 32.7 Å². The van der Waals surface area contributed by atoms with Crippen LogP contribution in [0, 0.1) is 0 Å². The molecule has 0 spiro atoms. The van der Waals surface area contributed by atoms with Gasteiger partial charge in [0, 0.05) is 5.54 Å². The van der Waals surface area contributed by atoms with Gasteiger partial charge < -0.3 is 10.1 Å². The number of halogens is 1. The Morgan fingerprint density at radius 3 is 2.74 bits per heavy atom. The van der Waals surface area contributed by atoms with Crippen molar-refractivity contribution in [2.75, 3.05) is 6.61 Å². The van der Waals surface area contributed by atoms with Gasteiger partial charge in [-0.25, -0.2) is 0 Å². The molecule has 0 aliphatic rings. The number of hydrogen-bond donors (Lipinski definition) is 1. The molecule has 1 N–H and O–H groups in total. The Kier molecular flexibility index (Phi) is 5.36. The van der Waals surface area contributed by atoms with Crippen LogP contribution in [0.15, 0.2) is 18.2 Å². The molecule has 1 amide bonds. The average molecular weight is 284 g/mol. The van der Waals surface area contributed by atoms with E-state index in [1.165, 1.54) is 0 Å². The first-order valence-electron chi connectivity index (χ1n) is 6.07. The number of hydrogen-bond acceptors (Lipinski definition) is 3. The highest BCUT2D eigenvalue weighted by molar-refractivity contribution is 6.32. The van der Waals surface area contributed by atoms with Gasteiger partial charge in [0.2, 0.25) is 0 Å². The van der Waals surface area contributed by atoms with Gasteiger partial charge in [-0.05, 0) is 32.4 Å². The summed E-state index contributed by atoms with van der Waals surface area (Å²) in [4.78, 5) is 22.6. The molecule has 19 heavy (non-hydrogen) atoms. The smallest absolute Gasteiger partial charge is 0.258 e. The lowest BCUT2D eigenvalue weighted by molar-refractivity contribution is -0.124. The summed E-state index contributed by atoms with van der Waals surface area (Å²) in [6, 6.07) is 4.85. The summed E-state index contributed by atoms with van der Waals surface area (Å²) >= 11 is 5.94. The minimum Gasteiger partial charge on any atom is -0.481 e. The normalized spacial score (nSPS) is 10.9. The number of para-hydroxylation sites is 1. The summed E-state index contributed by atoms with van der Waals surface area (Å²) in [5.74, 6) is -0.00719. The van der Waals surface area contributed by atoms with Crippen LogP contribution in [0.1, 0.15) is 37.6 Å². The van der Waals surface area contributed by atoms with E-state index in [0.717, 1.165) is 6.42 Å². The monoisotopic (exact) mass is 283 g/mol. The number of rotatable bonds is 6. The molecule has 0 aliphatic carbocycles. The molecule has 0 aromatic heterocycles. The van der Waals surface area contributed by atoms with Gasteiger partial charge in [-0.15, -0.1) is 0 Å². The van der Waals surface area contributed by atoms with Crippen molar-refractivity contribution < 1.29 is 14.3 Å². The predicted octanol–water partition coefficient (Wildman–Crippen LogP) is 2.84. The highest BCUT2D eigenvalue weighted by Gasteiger charge is 2.18. The lowest BCUT2D eigenvalue weighted by atomic mass is 10.0. The third-order valence-corrected chi connectivity index (χ3v) is 3.13. The first kappa shape index (κ1) is 15.5. The molecule has 0 aliphatic heterocycles. The minimum absolute atomic E-state index is 0.173. The van der Waals surface area contributed by atoms with Gasteiger partial charge in [0.1, 0.15) is 5.75 Å². The van der Waals surface area contributed by atoms with Crippen LogP contribution in [0.2, 0.25) is 5.02 Å². The van der Waals surface area contributed by atoms with Crippen molar-refractivity contribution in [2.24, 2.45) is 0 Å². The molecule has 4 nitrogen and oxygen atoms in total. The molecule has 0 atom stereocenters. The Morgan fingerprint density at radius 1 is 1.47 bits per heavy atom. The molecular formula is C14H18ClNO3. The Hall–Kier alpha value is -1.55. The molecule has 5 heteroatoms. The molecule has 1 aromatic rings. The maximum atomic E-state index is 11.7. The molecule has 1 aromatic carbocycles. The third-order valence-electron chi connectivity index (χ3n) is 2.83. The van der Waals surface area contributed by atoms with E-state index < -0.39 is 0 Å². The van der Waals surface area contributed by atoms with E-state index in [4.69, 9.17) is 16.3 Å². The fourth-order valence-electron chi connectivity index (χ4n) is 1.41. The molecule has 1 rings (SSSR count). The molecule has 0 radical (unpaired) electrons. The summed E-state index contributed by atoms with van der Waals surface area (Å²) in [7, 11) is 0. The van der Waals surface area contributed by atoms with E-state index in [1.54, 1.807) is 18.2 Å². The molecule has 0 saturated carbocycles. The van der Waals surface area contributed by atoms with E-state index in [1.807, 2.05) is 20.8 Å². The number of nitrogens with one attached hydrogen (secondary N) is 1. The standard InChI is InChI=1S/C14H18ClNO3/c1-4-14(2,3)16-12(18)9-19-13-10(8-17)6-5-7-11(13)15/h5-8H,4,9H2,1-3H3,(H,16,18). The van der Waals surface area contributed by atoms with Crippen LogP contribution in [0.4, 0.5) is 0 Å². The zero-order valence-corrected chi connectivity index (χ0v) is 12.1. The average Bonchev–Trinajstić information content (AvgIpc) is 2.36. The highest BCUT2D eigenvalue weighted by Crippen LogP contribution is 2.27. The SMILES string of the molecule is CCC(C)(C)NC(=O)COc1c(Cl)cccc1C=O. The van der Waals surface area contributed by atoms with Gasteiger partial charge in [-0.2, -0.15) is 0 Å². The van der Waals surface area contributed by atoms with Crippen LogP contribution >= 0.6 is 11.6 Å². The molecule has 0 heterocycles. The zero-order chi connectivity index (χ0) is 14.5. The zero-order valence-electron chi connectivity index (χ0n) is 11.3. The first-order chi connectivity index (χ1) is 8.89. The summed E-state index contributed by atoms with van der Waals surface area (Å²) in [6.45, 7) is 5.67. The fraction of sp³-hybridized carbons (Fsp3) is 0.429. The van der Waals surface area contributed by atoms with Crippen molar-refractivity contribution in [3.63, 3.8) is 0 Å². The van der Waals surface area contributed by atoms with Crippen LogP contribution in [0.25, 0.3) is 0 Å². The fourth-order valence-corrected chi connectivity index (χ4v) is 1.65. The van der Waals surface area contributed by atoms with Crippen LogP contribution < -0.4 is 10.1 Å². The number of ether oxygens (including phenoxy) is 1. The molecule has 0 unspecified atom stereocenters.